The summed E-state index contributed by atoms with van der Waals surface area (Å²) in [7, 11) is -3.66. The maximum atomic E-state index is 12.8. The minimum Gasteiger partial charge on any atom is -0.325 e. The van der Waals surface area contributed by atoms with Gasteiger partial charge >= 0.3 is 6.18 Å². The van der Waals surface area contributed by atoms with E-state index in [9.17, 15) is 26.4 Å². The van der Waals surface area contributed by atoms with Crippen molar-refractivity contribution < 1.29 is 26.4 Å². The van der Waals surface area contributed by atoms with E-state index in [1.54, 1.807) is 4.90 Å². The van der Waals surface area contributed by atoms with Crippen LogP contribution in [-0.4, -0.2) is 56.3 Å². The third-order valence-electron chi connectivity index (χ3n) is 4.62. The number of carbonyl (C=O) groups is 1. The highest BCUT2D eigenvalue weighted by atomic mass is 35.5. The molecule has 0 aromatic heterocycles. The van der Waals surface area contributed by atoms with Gasteiger partial charge in [0.25, 0.3) is 0 Å². The number of nitrogens with one attached hydrogen (secondary N) is 1. The SMILES string of the molecule is O=C(CN1CCN(S(=O)(=O)c2ccc(Cl)cc2)CC1)Nc1cccc(C(F)(F)F)c1. The summed E-state index contributed by atoms with van der Waals surface area (Å²) >= 11 is 5.80. The predicted octanol–water partition coefficient (Wildman–Crippen LogP) is 3.30. The molecule has 1 heterocycles. The first kappa shape index (κ1) is 22.5. The lowest BCUT2D eigenvalue weighted by Gasteiger charge is -2.33. The van der Waals surface area contributed by atoms with E-state index in [0.717, 1.165) is 12.1 Å². The van der Waals surface area contributed by atoms with Crippen molar-refractivity contribution in [2.45, 2.75) is 11.1 Å². The highest BCUT2D eigenvalue weighted by Gasteiger charge is 2.31. The second-order valence-electron chi connectivity index (χ2n) is 6.76. The van der Waals surface area contributed by atoms with Crippen LogP contribution in [0.25, 0.3) is 0 Å². The Labute approximate surface area is 177 Å². The maximum Gasteiger partial charge on any atom is 0.416 e. The number of hydrogen-bond acceptors (Lipinski definition) is 4. The molecule has 162 valence electrons. The second-order valence-corrected chi connectivity index (χ2v) is 9.14. The van der Waals surface area contributed by atoms with Crippen molar-refractivity contribution in [2.75, 3.05) is 38.0 Å². The number of nitrogens with zero attached hydrogens (tertiary/aromatic N) is 2. The zero-order valence-corrected chi connectivity index (χ0v) is 17.3. The minimum atomic E-state index is -4.49. The third-order valence-corrected chi connectivity index (χ3v) is 6.79. The summed E-state index contributed by atoms with van der Waals surface area (Å²) in [4.78, 5) is 14.1. The molecule has 2 aromatic carbocycles. The fourth-order valence-electron chi connectivity index (χ4n) is 3.06. The van der Waals surface area contributed by atoms with Gasteiger partial charge in [-0.1, -0.05) is 17.7 Å². The van der Waals surface area contributed by atoms with Gasteiger partial charge < -0.3 is 5.32 Å². The quantitative estimate of drug-likeness (QED) is 0.741. The van der Waals surface area contributed by atoms with E-state index in [2.05, 4.69) is 5.32 Å². The molecule has 1 aliphatic heterocycles. The summed E-state index contributed by atoms with van der Waals surface area (Å²) < 4.78 is 65.0. The molecule has 0 bridgehead atoms. The van der Waals surface area contributed by atoms with Crippen molar-refractivity contribution in [3.63, 3.8) is 0 Å². The van der Waals surface area contributed by atoms with Crippen LogP contribution in [0, 0.1) is 0 Å². The number of piperazine rings is 1. The number of carbonyl (C=O) groups excluding carboxylic acids is 1. The summed E-state index contributed by atoms with van der Waals surface area (Å²) in [6.45, 7) is 0.986. The number of amides is 1. The van der Waals surface area contributed by atoms with Crippen LogP contribution in [0.3, 0.4) is 0 Å². The summed E-state index contributed by atoms with van der Waals surface area (Å²) in [5, 5.41) is 2.89. The molecule has 1 aliphatic rings. The van der Waals surface area contributed by atoms with E-state index < -0.39 is 27.7 Å². The summed E-state index contributed by atoms with van der Waals surface area (Å²) in [5.74, 6) is -0.469. The molecule has 1 fully saturated rings. The third kappa shape index (κ3) is 5.51. The fraction of sp³-hybridized carbons (Fsp3) is 0.316. The highest BCUT2D eigenvalue weighted by molar-refractivity contribution is 7.89. The van der Waals surface area contributed by atoms with Gasteiger partial charge in [-0.15, -0.1) is 0 Å². The summed E-state index contributed by atoms with van der Waals surface area (Å²) in [6, 6.07) is 10.3. The van der Waals surface area contributed by atoms with Crippen molar-refractivity contribution in [1.29, 1.82) is 0 Å². The standard InChI is InChI=1S/C19H19ClF3N3O3S/c20-15-4-6-17(7-5-15)30(28,29)26-10-8-25(9-11-26)13-18(27)24-16-3-1-2-14(12-16)19(21,22)23/h1-7,12H,8-11,13H2,(H,24,27). The van der Waals surface area contributed by atoms with Crippen LogP contribution in [0.5, 0.6) is 0 Å². The Kier molecular flexibility index (Phi) is 6.71. The van der Waals surface area contributed by atoms with E-state index in [1.807, 2.05) is 0 Å². The van der Waals surface area contributed by atoms with Crippen LogP contribution in [0.4, 0.5) is 18.9 Å². The average molecular weight is 462 g/mol. The number of halogens is 4. The van der Waals surface area contributed by atoms with Crippen LogP contribution in [-0.2, 0) is 21.0 Å². The van der Waals surface area contributed by atoms with Crippen molar-refractivity contribution in [3.8, 4) is 0 Å². The molecule has 6 nitrogen and oxygen atoms in total. The van der Waals surface area contributed by atoms with E-state index in [-0.39, 0.29) is 30.2 Å². The van der Waals surface area contributed by atoms with Crippen molar-refractivity contribution in [1.82, 2.24) is 9.21 Å². The zero-order valence-electron chi connectivity index (χ0n) is 15.7. The van der Waals surface area contributed by atoms with Gasteiger partial charge in [0.15, 0.2) is 0 Å². The van der Waals surface area contributed by atoms with Crippen LogP contribution in [0.15, 0.2) is 53.4 Å². The topological polar surface area (TPSA) is 69.7 Å². The van der Waals surface area contributed by atoms with Crippen molar-refractivity contribution >= 4 is 33.2 Å². The van der Waals surface area contributed by atoms with Gasteiger partial charge in [0.05, 0.1) is 17.0 Å². The molecule has 0 aliphatic carbocycles. The molecule has 0 saturated carbocycles. The Morgan fingerprint density at radius 1 is 1.03 bits per heavy atom. The largest absolute Gasteiger partial charge is 0.416 e. The highest BCUT2D eigenvalue weighted by Crippen LogP contribution is 2.30. The Balaban J connectivity index is 1.54. The normalized spacial score (nSPS) is 16.4. The molecule has 1 amide bonds. The molecule has 3 rings (SSSR count). The first-order valence-corrected chi connectivity index (χ1v) is 10.8. The van der Waals surface area contributed by atoms with Crippen molar-refractivity contribution in [3.05, 3.63) is 59.1 Å². The molecular weight excluding hydrogens is 443 g/mol. The molecular formula is C19H19ClF3N3O3S. The average Bonchev–Trinajstić information content (AvgIpc) is 2.68. The van der Waals surface area contributed by atoms with Gasteiger partial charge in [-0.05, 0) is 42.5 Å². The van der Waals surface area contributed by atoms with Gasteiger partial charge in [0, 0.05) is 36.9 Å². The van der Waals surface area contributed by atoms with E-state index >= 15 is 0 Å². The van der Waals surface area contributed by atoms with E-state index in [1.165, 1.54) is 40.7 Å². The number of hydrogen-bond donors (Lipinski definition) is 1. The van der Waals surface area contributed by atoms with Gasteiger partial charge in [0.2, 0.25) is 15.9 Å². The van der Waals surface area contributed by atoms with Crippen molar-refractivity contribution in [2.24, 2.45) is 0 Å². The van der Waals surface area contributed by atoms with Crippen LogP contribution < -0.4 is 5.32 Å². The molecule has 30 heavy (non-hydrogen) atoms. The van der Waals surface area contributed by atoms with Gasteiger partial charge in [-0.3, -0.25) is 9.69 Å². The maximum absolute atomic E-state index is 12.8. The summed E-state index contributed by atoms with van der Waals surface area (Å²) in [5.41, 5.74) is -0.792. The lowest BCUT2D eigenvalue weighted by Crippen LogP contribution is -2.50. The second kappa shape index (κ2) is 8.93. The summed E-state index contributed by atoms with van der Waals surface area (Å²) in [6.07, 6.45) is -4.49. The van der Waals surface area contributed by atoms with Gasteiger partial charge in [-0.2, -0.15) is 17.5 Å². The molecule has 0 atom stereocenters. The van der Waals surface area contributed by atoms with Crippen LogP contribution in [0.1, 0.15) is 5.56 Å². The lowest BCUT2D eigenvalue weighted by molar-refractivity contribution is -0.137. The lowest BCUT2D eigenvalue weighted by atomic mass is 10.2. The smallest absolute Gasteiger partial charge is 0.325 e. The molecule has 0 radical (unpaired) electrons. The molecule has 0 spiro atoms. The first-order chi connectivity index (χ1) is 14.1. The predicted molar refractivity (Wildman–Crippen MR) is 107 cm³/mol. The van der Waals surface area contributed by atoms with E-state index in [0.29, 0.717) is 18.1 Å². The Hall–Kier alpha value is -2.14. The number of benzene rings is 2. The minimum absolute atomic E-state index is 0.0505. The Morgan fingerprint density at radius 2 is 1.67 bits per heavy atom. The molecule has 1 saturated heterocycles. The molecule has 11 heteroatoms. The fourth-order valence-corrected chi connectivity index (χ4v) is 4.61. The molecule has 1 N–H and O–H groups in total. The number of anilines is 1. The van der Waals surface area contributed by atoms with Gasteiger partial charge in [0.1, 0.15) is 0 Å². The Bertz CT molecular complexity index is 1010. The number of sulfonamides is 1. The Morgan fingerprint density at radius 3 is 2.27 bits per heavy atom. The van der Waals surface area contributed by atoms with Crippen LogP contribution in [0.2, 0.25) is 5.02 Å². The van der Waals surface area contributed by atoms with E-state index in [4.69, 9.17) is 11.6 Å². The monoisotopic (exact) mass is 461 g/mol. The molecule has 2 aromatic rings. The van der Waals surface area contributed by atoms with Gasteiger partial charge in [-0.25, -0.2) is 8.42 Å². The first-order valence-electron chi connectivity index (χ1n) is 9.01. The number of alkyl halides is 3. The molecule has 0 unspecified atom stereocenters. The number of rotatable bonds is 5. The zero-order chi connectivity index (χ0) is 21.9. The van der Waals surface area contributed by atoms with Crippen LogP contribution >= 0.6 is 11.6 Å².